The van der Waals surface area contributed by atoms with Crippen molar-refractivity contribution < 1.29 is 4.42 Å². The highest BCUT2D eigenvalue weighted by molar-refractivity contribution is 6.88. The molecule has 0 fully saturated rings. The lowest BCUT2D eigenvalue weighted by Gasteiger charge is -2.22. The van der Waals surface area contributed by atoms with Crippen molar-refractivity contribution in [2.24, 2.45) is 0 Å². The maximum absolute atomic E-state index is 6.56. The van der Waals surface area contributed by atoms with Crippen molar-refractivity contribution in [3.05, 3.63) is 72.3 Å². The number of aromatic nitrogens is 1. The number of benzene rings is 3. The average molecular weight is 424 g/mol. The normalized spacial score (nSPS) is 12.8. The largest absolute Gasteiger partial charge is 0.464 e. The van der Waals surface area contributed by atoms with Gasteiger partial charge in [-0.25, -0.2) is 4.98 Å². The summed E-state index contributed by atoms with van der Waals surface area (Å²) in [5.74, 6) is 0. The Bertz CT molecular complexity index is 1450. The number of hydrogen-bond acceptors (Lipinski definition) is 2. The molecule has 2 heterocycles. The fourth-order valence-electron chi connectivity index (χ4n) is 4.37. The summed E-state index contributed by atoms with van der Waals surface area (Å²) in [5.41, 5.74) is 5.34. The van der Waals surface area contributed by atoms with E-state index in [9.17, 15) is 0 Å². The number of fused-ring (bicyclic) bond motifs is 4. The van der Waals surface area contributed by atoms with Crippen LogP contribution in [0.2, 0.25) is 19.6 Å². The molecule has 0 amide bonds. The summed E-state index contributed by atoms with van der Waals surface area (Å²) < 4.78 is 6.56. The van der Waals surface area contributed by atoms with Crippen LogP contribution in [0.5, 0.6) is 0 Å². The summed E-state index contributed by atoms with van der Waals surface area (Å²) in [5, 5.41) is 6.00. The molecule has 0 bridgehead atoms. The third-order valence-electron chi connectivity index (χ3n) is 6.06. The lowest BCUT2D eigenvalue weighted by molar-refractivity contribution is 0.596. The van der Waals surface area contributed by atoms with Gasteiger partial charge in [-0.15, -0.1) is 0 Å². The quantitative estimate of drug-likeness (QED) is 0.273. The Hall–Kier alpha value is -2.91. The zero-order valence-electron chi connectivity index (χ0n) is 19.2. The molecule has 0 saturated heterocycles. The Morgan fingerprint density at radius 1 is 0.774 bits per heavy atom. The highest BCUT2D eigenvalue weighted by Crippen LogP contribution is 2.38. The van der Waals surface area contributed by atoms with Gasteiger partial charge in [0, 0.05) is 16.3 Å². The topological polar surface area (TPSA) is 26.0 Å². The molecule has 0 N–H and O–H groups in total. The second-order valence-electron chi connectivity index (χ2n) is 10.6. The van der Waals surface area contributed by atoms with Crippen molar-refractivity contribution in [1.29, 1.82) is 0 Å². The van der Waals surface area contributed by atoms with E-state index in [1.807, 2.05) is 0 Å². The van der Waals surface area contributed by atoms with Crippen molar-refractivity contribution in [2.45, 2.75) is 45.8 Å². The van der Waals surface area contributed by atoms with E-state index in [0.29, 0.717) is 0 Å². The first kappa shape index (κ1) is 20.0. The maximum Gasteiger partial charge on any atom is 0.160 e. The predicted molar refractivity (Wildman–Crippen MR) is 136 cm³/mol. The molecule has 0 radical (unpaired) electrons. The molecule has 156 valence electrons. The Morgan fingerprint density at radius 2 is 1.45 bits per heavy atom. The molecule has 0 aliphatic rings. The van der Waals surface area contributed by atoms with Crippen LogP contribution in [0.4, 0.5) is 0 Å². The highest BCUT2D eigenvalue weighted by Gasteiger charge is 2.25. The van der Waals surface area contributed by atoms with E-state index < -0.39 is 8.07 Å². The zero-order valence-corrected chi connectivity index (χ0v) is 20.2. The summed E-state index contributed by atoms with van der Waals surface area (Å²) in [6, 6.07) is 23.9. The van der Waals surface area contributed by atoms with Crippen LogP contribution in [0.3, 0.4) is 0 Å². The molecule has 5 aromatic rings. The van der Waals surface area contributed by atoms with Crippen LogP contribution in [-0.2, 0) is 5.41 Å². The van der Waals surface area contributed by atoms with Crippen LogP contribution in [0.25, 0.3) is 43.9 Å². The predicted octanol–water partition coefficient (Wildman–Crippen LogP) is 7.64. The lowest BCUT2D eigenvalue weighted by Crippen LogP contribution is -2.36. The van der Waals surface area contributed by atoms with Crippen LogP contribution in [0.1, 0.15) is 26.3 Å². The third kappa shape index (κ3) is 3.37. The van der Waals surface area contributed by atoms with Gasteiger partial charge in [-0.05, 0) is 46.0 Å². The van der Waals surface area contributed by atoms with E-state index in [4.69, 9.17) is 9.40 Å². The summed E-state index contributed by atoms with van der Waals surface area (Å²) >= 11 is 0. The van der Waals surface area contributed by atoms with E-state index in [1.165, 1.54) is 21.7 Å². The van der Waals surface area contributed by atoms with Crippen LogP contribution < -0.4 is 5.38 Å². The Labute approximate surface area is 184 Å². The minimum Gasteiger partial charge on any atom is -0.464 e. The monoisotopic (exact) mass is 423 g/mol. The van der Waals surface area contributed by atoms with Crippen LogP contribution in [0.15, 0.2) is 71.1 Å². The Kier molecular flexibility index (Phi) is 4.39. The Morgan fingerprint density at radius 3 is 2.16 bits per heavy atom. The summed E-state index contributed by atoms with van der Waals surface area (Å²) in [7, 11) is -1.61. The molecular weight excluding hydrogens is 394 g/mol. The molecule has 2 nitrogen and oxygen atoms in total. The van der Waals surface area contributed by atoms with Crippen LogP contribution >= 0.6 is 0 Å². The fourth-order valence-corrected chi connectivity index (χ4v) is 5.36. The summed E-state index contributed by atoms with van der Waals surface area (Å²) in [4.78, 5) is 5.12. The van der Waals surface area contributed by atoms with Crippen molar-refractivity contribution in [2.75, 3.05) is 0 Å². The van der Waals surface area contributed by atoms with Gasteiger partial charge in [-0.2, -0.15) is 0 Å². The molecule has 2 aromatic heterocycles. The first-order valence-electron chi connectivity index (χ1n) is 11.0. The van der Waals surface area contributed by atoms with Gasteiger partial charge in [-0.3, -0.25) is 0 Å². The van der Waals surface area contributed by atoms with Crippen molar-refractivity contribution in [3.63, 3.8) is 0 Å². The van der Waals surface area contributed by atoms with Gasteiger partial charge in [0.25, 0.3) is 0 Å². The van der Waals surface area contributed by atoms with Crippen LogP contribution in [-0.4, -0.2) is 13.1 Å². The van der Waals surface area contributed by atoms with Crippen molar-refractivity contribution in [1.82, 2.24) is 4.98 Å². The molecule has 0 saturated carbocycles. The van der Waals surface area contributed by atoms with Crippen molar-refractivity contribution >= 4 is 46.1 Å². The number of para-hydroxylation sites is 1. The van der Waals surface area contributed by atoms with Crippen molar-refractivity contribution in [3.8, 4) is 11.3 Å². The molecule has 3 heteroatoms. The third-order valence-corrected chi connectivity index (χ3v) is 7.78. The van der Waals surface area contributed by atoms with E-state index in [2.05, 4.69) is 107 Å². The molecule has 3 aromatic carbocycles. The summed E-state index contributed by atoms with van der Waals surface area (Å²) in [6.45, 7) is 13.8. The average Bonchev–Trinajstić information content (AvgIpc) is 3.18. The number of furan rings is 1. The second kappa shape index (κ2) is 6.79. The van der Waals surface area contributed by atoms with Gasteiger partial charge in [0.1, 0.15) is 13.8 Å². The van der Waals surface area contributed by atoms with Gasteiger partial charge in [-0.1, -0.05) is 82.9 Å². The number of hydrogen-bond donors (Lipinski definition) is 0. The number of rotatable bonds is 2. The molecule has 0 aliphatic heterocycles. The van der Waals surface area contributed by atoms with Gasteiger partial charge in [0.2, 0.25) is 0 Å². The van der Waals surface area contributed by atoms with Gasteiger partial charge in [0.05, 0.1) is 10.9 Å². The molecule has 0 aliphatic carbocycles. The maximum atomic E-state index is 6.56. The molecule has 5 rings (SSSR count). The zero-order chi connectivity index (χ0) is 22.0. The standard InChI is InChI=1S/C28H29NOSi/c1-28(2,3)23-16-19(15-18-11-7-8-12-20(18)23)26-27-22(17-25(30-27)31(4,5)6)21-13-9-10-14-24(21)29-26/h7-17H,1-6H3. The molecular formula is C28H29NOSi. The number of nitrogens with zero attached hydrogens (tertiary/aromatic N) is 1. The summed E-state index contributed by atoms with van der Waals surface area (Å²) in [6.07, 6.45) is 0. The van der Waals surface area contributed by atoms with Gasteiger partial charge < -0.3 is 4.42 Å². The highest BCUT2D eigenvalue weighted by atomic mass is 28.3. The van der Waals surface area contributed by atoms with Crippen LogP contribution in [0, 0.1) is 0 Å². The molecule has 31 heavy (non-hydrogen) atoms. The van der Waals surface area contributed by atoms with E-state index in [0.717, 1.165) is 33.1 Å². The number of pyridine rings is 1. The van der Waals surface area contributed by atoms with E-state index in [-0.39, 0.29) is 5.41 Å². The molecule has 0 spiro atoms. The minimum absolute atomic E-state index is 0.0260. The fraction of sp³-hybridized carbons (Fsp3) is 0.250. The first-order valence-corrected chi connectivity index (χ1v) is 14.5. The van der Waals surface area contributed by atoms with Gasteiger partial charge >= 0.3 is 0 Å². The van der Waals surface area contributed by atoms with E-state index >= 15 is 0 Å². The van der Waals surface area contributed by atoms with Gasteiger partial charge in [0.15, 0.2) is 5.58 Å². The SMILES string of the molecule is CC(C)(C)c1cc(-c2nc3ccccc3c3cc([Si](C)(C)C)oc23)cc2ccccc12. The molecule has 0 atom stereocenters. The molecule has 0 unspecified atom stereocenters. The second-order valence-corrected chi connectivity index (χ2v) is 15.6. The smallest absolute Gasteiger partial charge is 0.160 e. The minimum atomic E-state index is -1.61. The first-order chi connectivity index (χ1) is 14.6. The Balaban J connectivity index is 1.90. The lowest BCUT2D eigenvalue weighted by atomic mass is 9.82. The van der Waals surface area contributed by atoms with E-state index in [1.54, 1.807) is 0 Å².